The topological polar surface area (TPSA) is 49.4 Å². The van der Waals surface area contributed by atoms with Crippen molar-refractivity contribution in [3.8, 4) is 0 Å². The molecule has 0 radical (unpaired) electrons. The number of carbonyl (C=O) groups is 2. The second kappa shape index (κ2) is 11.2. The number of amides is 2. The predicted molar refractivity (Wildman–Crippen MR) is 114 cm³/mol. The number of nitrogens with zero attached hydrogens (tertiary/aromatic N) is 1. The van der Waals surface area contributed by atoms with Gasteiger partial charge >= 0.3 is 0 Å². The quantitative estimate of drug-likeness (QED) is 0.597. The highest BCUT2D eigenvalue weighted by atomic mass is 35.5. The molecule has 1 atom stereocenters. The number of rotatable bonds is 9. The minimum atomic E-state index is -0.652. The molecule has 7 heteroatoms. The third-order valence-corrected chi connectivity index (χ3v) is 5.30. The van der Waals surface area contributed by atoms with Gasteiger partial charge in [0.2, 0.25) is 11.8 Å². The fourth-order valence-corrected chi connectivity index (χ4v) is 3.56. The molecule has 29 heavy (non-hydrogen) atoms. The standard InChI is InChI=1S/C22H25Cl2FN2O2/c1-3-12-26-22(29)20(4-2)27(14-15-8-10-16(25)11-9-15)21(28)13-17-18(23)6-5-7-19(17)24/h5-11,20H,3-4,12-14H2,1-2H3,(H,26,29). The Morgan fingerprint density at radius 3 is 2.24 bits per heavy atom. The highest BCUT2D eigenvalue weighted by Crippen LogP contribution is 2.26. The second-order valence-corrected chi connectivity index (χ2v) is 7.55. The maximum Gasteiger partial charge on any atom is 0.242 e. The second-order valence-electron chi connectivity index (χ2n) is 6.74. The summed E-state index contributed by atoms with van der Waals surface area (Å²) in [4.78, 5) is 27.4. The van der Waals surface area contributed by atoms with Crippen molar-refractivity contribution < 1.29 is 14.0 Å². The molecule has 2 aromatic carbocycles. The molecule has 0 fully saturated rings. The van der Waals surface area contributed by atoms with E-state index in [0.29, 0.717) is 28.6 Å². The zero-order valence-electron chi connectivity index (χ0n) is 16.6. The van der Waals surface area contributed by atoms with Gasteiger partial charge in [0.1, 0.15) is 11.9 Å². The molecule has 0 saturated carbocycles. The van der Waals surface area contributed by atoms with E-state index in [-0.39, 0.29) is 30.6 Å². The first-order valence-electron chi connectivity index (χ1n) is 9.61. The molecule has 2 aromatic rings. The van der Waals surface area contributed by atoms with Gasteiger partial charge in [0.15, 0.2) is 0 Å². The molecule has 0 aliphatic carbocycles. The Balaban J connectivity index is 2.32. The first-order valence-corrected chi connectivity index (χ1v) is 10.4. The third kappa shape index (κ3) is 6.44. The number of hydrogen-bond donors (Lipinski definition) is 1. The van der Waals surface area contributed by atoms with Gasteiger partial charge in [-0.05, 0) is 48.2 Å². The maximum absolute atomic E-state index is 13.3. The lowest BCUT2D eigenvalue weighted by molar-refractivity contribution is -0.140. The molecule has 1 N–H and O–H groups in total. The van der Waals surface area contributed by atoms with E-state index in [1.165, 1.54) is 17.0 Å². The summed E-state index contributed by atoms with van der Waals surface area (Å²) in [7, 11) is 0. The summed E-state index contributed by atoms with van der Waals surface area (Å²) in [6.45, 7) is 4.52. The smallest absolute Gasteiger partial charge is 0.242 e. The summed E-state index contributed by atoms with van der Waals surface area (Å²) in [6.07, 6.45) is 1.21. The summed E-state index contributed by atoms with van der Waals surface area (Å²) in [5.74, 6) is -0.847. The molecule has 4 nitrogen and oxygen atoms in total. The van der Waals surface area contributed by atoms with Crippen LogP contribution in [0.15, 0.2) is 42.5 Å². The van der Waals surface area contributed by atoms with E-state index in [1.807, 2.05) is 13.8 Å². The minimum Gasteiger partial charge on any atom is -0.354 e. The lowest BCUT2D eigenvalue weighted by Crippen LogP contribution is -2.49. The number of nitrogens with one attached hydrogen (secondary N) is 1. The van der Waals surface area contributed by atoms with Crippen LogP contribution in [0, 0.1) is 5.82 Å². The zero-order chi connectivity index (χ0) is 21.4. The van der Waals surface area contributed by atoms with Crippen LogP contribution in [-0.2, 0) is 22.6 Å². The van der Waals surface area contributed by atoms with Crippen molar-refractivity contribution >= 4 is 35.0 Å². The fourth-order valence-electron chi connectivity index (χ4n) is 3.03. The van der Waals surface area contributed by atoms with E-state index >= 15 is 0 Å². The Bertz CT molecular complexity index is 823. The molecule has 0 aliphatic heterocycles. The van der Waals surface area contributed by atoms with E-state index in [9.17, 15) is 14.0 Å². The monoisotopic (exact) mass is 438 g/mol. The van der Waals surface area contributed by atoms with Crippen molar-refractivity contribution in [1.29, 1.82) is 0 Å². The molecular weight excluding hydrogens is 414 g/mol. The Hall–Kier alpha value is -2.11. The van der Waals surface area contributed by atoms with E-state index in [2.05, 4.69) is 5.32 Å². The molecule has 0 saturated heterocycles. The van der Waals surface area contributed by atoms with E-state index in [0.717, 1.165) is 12.0 Å². The molecular formula is C22H25Cl2FN2O2. The molecule has 0 aromatic heterocycles. The van der Waals surface area contributed by atoms with Crippen molar-refractivity contribution in [2.75, 3.05) is 6.54 Å². The summed E-state index contributed by atoms with van der Waals surface area (Å²) < 4.78 is 13.3. The number of carbonyl (C=O) groups excluding carboxylic acids is 2. The third-order valence-electron chi connectivity index (χ3n) is 4.59. The average Bonchev–Trinajstić information content (AvgIpc) is 2.70. The van der Waals surface area contributed by atoms with Crippen molar-refractivity contribution in [3.63, 3.8) is 0 Å². The number of halogens is 3. The zero-order valence-corrected chi connectivity index (χ0v) is 18.1. The van der Waals surface area contributed by atoms with Crippen LogP contribution in [0.1, 0.15) is 37.8 Å². The number of benzene rings is 2. The van der Waals surface area contributed by atoms with Gasteiger partial charge in [-0.2, -0.15) is 0 Å². The van der Waals surface area contributed by atoms with Gasteiger partial charge in [0, 0.05) is 23.1 Å². The molecule has 2 rings (SSSR count). The highest BCUT2D eigenvalue weighted by Gasteiger charge is 2.29. The van der Waals surface area contributed by atoms with Gasteiger partial charge in [0.05, 0.1) is 6.42 Å². The van der Waals surface area contributed by atoms with Gasteiger partial charge in [0.25, 0.3) is 0 Å². The molecule has 2 amide bonds. The SMILES string of the molecule is CCCNC(=O)C(CC)N(Cc1ccc(F)cc1)C(=O)Cc1c(Cl)cccc1Cl. The van der Waals surface area contributed by atoms with E-state index in [1.54, 1.807) is 30.3 Å². The number of hydrogen-bond acceptors (Lipinski definition) is 2. The van der Waals surface area contributed by atoms with Crippen molar-refractivity contribution in [1.82, 2.24) is 10.2 Å². The van der Waals surface area contributed by atoms with Crippen molar-refractivity contribution in [3.05, 3.63) is 69.5 Å². The minimum absolute atomic E-state index is 0.0305. The van der Waals surface area contributed by atoms with Crippen LogP contribution >= 0.6 is 23.2 Å². The van der Waals surface area contributed by atoms with Gasteiger partial charge in [-0.25, -0.2) is 4.39 Å². The van der Waals surface area contributed by atoms with Crippen LogP contribution in [0.2, 0.25) is 10.0 Å². The van der Waals surface area contributed by atoms with Crippen LogP contribution in [0.25, 0.3) is 0 Å². The highest BCUT2D eigenvalue weighted by molar-refractivity contribution is 6.36. The Kier molecular flexibility index (Phi) is 8.93. The summed E-state index contributed by atoms with van der Waals surface area (Å²) in [5, 5.41) is 3.65. The van der Waals surface area contributed by atoms with Crippen LogP contribution in [0.4, 0.5) is 4.39 Å². The lowest BCUT2D eigenvalue weighted by atomic mass is 10.1. The average molecular weight is 439 g/mol. The Morgan fingerprint density at radius 1 is 1.07 bits per heavy atom. The Morgan fingerprint density at radius 2 is 1.69 bits per heavy atom. The van der Waals surface area contributed by atoms with Crippen molar-refractivity contribution in [2.45, 2.75) is 45.7 Å². The van der Waals surface area contributed by atoms with E-state index < -0.39 is 6.04 Å². The van der Waals surface area contributed by atoms with Gasteiger partial charge < -0.3 is 10.2 Å². The normalized spacial score (nSPS) is 11.8. The van der Waals surface area contributed by atoms with E-state index in [4.69, 9.17) is 23.2 Å². The Labute approximate surface area is 181 Å². The van der Waals surface area contributed by atoms with Crippen molar-refractivity contribution in [2.24, 2.45) is 0 Å². The predicted octanol–water partition coefficient (Wildman–Crippen LogP) is 5.01. The van der Waals surface area contributed by atoms with Gasteiger partial charge in [-0.15, -0.1) is 0 Å². The maximum atomic E-state index is 13.3. The van der Waals surface area contributed by atoms with Gasteiger partial charge in [-0.3, -0.25) is 9.59 Å². The summed E-state index contributed by atoms with van der Waals surface area (Å²) >= 11 is 12.4. The van der Waals surface area contributed by atoms with Crippen LogP contribution in [0.3, 0.4) is 0 Å². The fraction of sp³-hybridized carbons (Fsp3) is 0.364. The molecule has 0 aliphatic rings. The van der Waals surface area contributed by atoms with Gasteiger partial charge in [-0.1, -0.05) is 55.2 Å². The lowest BCUT2D eigenvalue weighted by Gasteiger charge is -2.31. The van der Waals surface area contributed by atoms with Crippen LogP contribution < -0.4 is 5.32 Å². The first kappa shape index (κ1) is 23.2. The summed E-state index contributed by atoms with van der Waals surface area (Å²) in [6, 6.07) is 10.3. The molecule has 156 valence electrons. The van der Waals surface area contributed by atoms with Crippen LogP contribution in [-0.4, -0.2) is 29.3 Å². The molecule has 0 bridgehead atoms. The first-order chi connectivity index (χ1) is 13.9. The van der Waals surface area contributed by atoms with Crippen LogP contribution in [0.5, 0.6) is 0 Å². The summed E-state index contributed by atoms with van der Waals surface area (Å²) in [5.41, 5.74) is 1.25. The molecule has 0 heterocycles. The largest absolute Gasteiger partial charge is 0.354 e. The molecule has 1 unspecified atom stereocenters. The molecule has 0 spiro atoms.